The first-order chi connectivity index (χ1) is 14.5. The van der Waals surface area contributed by atoms with E-state index in [-0.39, 0.29) is 18.4 Å². The van der Waals surface area contributed by atoms with Crippen LogP contribution >= 0.6 is 0 Å². The summed E-state index contributed by atoms with van der Waals surface area (Å²) < 4.78 is 52.0. The summed E-state index contributed by atoms with van der Waals surface area (Å²) in [7, 11) is 0. The largest absolute Gasteiger partial charge is 0.416 e. The van der Waals surface area contributed by atoms with E-state index in [9.17, 15) is 31.9 Å². The number of amides is 3. The van der Waals surface area contributed by atoms with Gasteiger partial charge in [0.25, 0.3) is 0 Å². The number of carbonyl (C=O) groups excluding carboxylic acids is 3. The maximum Gasteiger partial charge on any atom is 0.416 e. The molecule has 4 N–H and O–H groups in total. The maximum absolute atomic E-state index is 13.9. The highest BCUT2D eigenvalue weighted by Crippen LogP contribution is 2.29. The highest BCUT2D eigenvalue weighted by atomic mass is 19.4. The third kappa shape index (κ3) is 7.09. The Hall–Kier alpha value is -3.43. The highest BCUT2D eigenvalue weighted by molar-refractivity contribution is 5.91. The summed E-state index contributed by atoms with van der Waals surface area (Å²) in [5.41, 5.74) is 4.99. The molecule has 0 spiro atoms. The normalized spacial score (nSPS) is 13.2. The molecule has 166 valence electrons. The third-order valence-electron chi connectivity index (χ3n) is 4.46. The molecule has 31 heavy (non-hydrogen) atoms. The van der Waals surface area contributed by atoms with Gasteiger partial charge < -0.3 is 16.4 Å². The Balaban J connectivity index is 2.15. The van der Waals surface area contributed by atoms with Gasteiger partial charge in [0, 0.05) is 19.8 Å². The minimum atomic E-state index is -4.51. The zero-order valence-electron chi connectivity index (χ0n) is 16.5. The lowest BCUT2D eigenvalue weighted by molar-refractivity contribution is -0.137. The molecular formula is C21H21F4N3O3. The molecule has 2 aromatic carbocycles. The number of hydrogen-bond acceptors (Lipinski definition) is 3. The smallest absolute Gasteiger partial charge is 0.368 e. The van der Waals surface area contributed by atoms with Crippen molar-refractivity contribution in [3.63, 3.8) is 0 Å². The van der Waals surface area contributed by atoms with E-state index in [2.05, 4.69) is 10.6 Å². The number of primary amides is 1. The van der Waals surface area contributed by atoms with E-state index >= 15 is 0 Å². The molecule has 6 nitrogen and oxygen atoms in total. The Morgan fingerprint density at radius 2 is 1.55 bits per heavy atom. The second kappa shape index (κ2) is 10.1. The van der Waals surface area contributed by atoms with Crippen LogP contribution in [-0.4, -0.2) is 29.8 Å². The third-order valence-corrected chi connectivity index (χ3v) is 4.46. The quantitative estimate of drug-likeness (QED) is 0.549. The first-order valence-electron chi connectivity index (χ1n) is 9.23. The lowest BCUT2D eigenvalue weighted by Crippen LogP contribution is -2.54. The van der Waals surface area contributed by atoms with E-state index in [1.54, 1.807) is 6.07 Å². The van der Waals surface area contributed by atoms with Crippen LogP contribution in [0.5, 0.6) is 0 Å². The summed E-state index contributed by atoms with van der Waals surface area (Å²) in [5, 5.41) is 4.77. The van der Waals surface area contributed by atoms with Crippen molar-refractivity contribution in [3.05, 3.63) is 71.0 Å². The van der Waals surface area contributed by atoms with E-state index < -0.39 is 47.4 Å². The van der Waals surface area contributed by atoms with Gasteiger partial charge in [0.1, 0.15) is 17.9 Å². The predicted octanol–water partition coefficient (Wildman–Crippen LogP) is 2.10. The first kappa shape index (κ1) is 23.8. The molecule has 3 amide bonds. The van der Waals surface area contributed by atoms with Gasteiger partial charge in [0.05, 0.1) is 5.56 Å². The van der Waals surface area contributed by atoms with Crippen LogP contribution in [0.15, 0.2) is 48.5 Å². The van der Waals surface area contributed by atoms with Gasteiger partial charge in [-0.1, -0.05) is 30.3 Å². The Morgan fingerprint density at radius 1 is 0.935 bits per heavy atom. The van der Waals surface area contributed by atoms with Crippen molar-refractivity contribution >= 4 is 17.7 Å². The van der Waals surface area contributed by atoms with Crippen LogP contribution in [0.2, 0.25) is 0 Å². The molecule has 0 bridgehead atoms. The summed E-state index contributed by atoms with van der Waals surface area (Å²) in [5.74, 6) is -2.81. The van der Waals surface area contributed by atoms with Crippen molar-refractivity contribution in [1.29, 1.82) is 0 Å². The monoisotopic (exact) mass is 439 g/mol. The molecule has 0 aliphatic heterocycles. The molecule has 0 aliphatic carbocycles. The van der Waals surface area contributed by atoms with Crippen molar-refractivity contribution in [2.75, 3.05) is 0 Å². The Labute approximate surface area is 175 Å². The first-order valence-corrected chi connectivity index (χ1v) is 9.23. The number of nitrogens with one attached hydrogen (secondary N) is 2. The summed E-state index contributed by atoms with van der Waals surface area (Å²) in [6.07, 6.45) is -4.84. The van der Waals surface area contributed by atoms with Crippen molar-refractivity contribution in [3.8, 4) is 0 Å². The van der Waals surface area contributed by atoms with Crippen LogP contribution in [0.1, 0.15) is 23.6 Å². The average molecular weight is 439 g/mol. The van der Waals surface area contributed by atoms with Gasteiger partial charge in [-0.05, 0) is 29.3 Å². The Morgan fingerprint density at radius 3 is 2.06 bits per heavy atom. The molecule has 0 heterocycles. The second-order valence-corrected chi connectivity index (χ2v) is 6.91. The van der Waals surface area contributed by atoms with Gasteiger partial charge in [-0.15, -0.1) is 0 Å². The van der Waals surface area contributed by atoms with Crippen LogP contribution in [0.4, 0.5) is 17.6 Å². The fourth-order valence-electron chi connectivity index (χ4n) is 2.90. The van der Waals surface area contributed by atoms with Crippen LogP contribution < -0.4 is 16.4 Å². The molecule has 10 heteroatoms. The molecule has 0 aliphatic rings. The SMILES string of the molecule is CC(=O)N[C@@H](Cc1ccccc1F)C(=O)N[C@@H](Cc1ccc(C(F)(F)F)cc1)C(N)=O. The number of alkyl halides is 3. The number of benzene rings is 2. The topological polar surface area (TPSA) is 101 Å². The van der Waals surface area contributed by atoms with Gasteiger partial charge in [-0.25, -0.2) is 4.39 Å². The molecule has 2 rings (SSSR count). The minimum absolute atomic E-state index is 0.161. The molecule has 0 saturated carbocycles. The molecule has 0 aromatic heterocycles. The van der Waals surface area contributed by atoms with Crippen LogP contribution in [0.3, 0.4) is 0 Å². The Bertz CT molecular complexity index is 946. The molecule has 2 aromatic rings. The van der Waals surface area contributed by atoms with Crippen LogP contribution in [-0.2, 0) is 33.4 Å². The predicted molar refractivity (Wildman–Crippen MR) is 104 cm³/mol. The molecule has 2 atom stereocenters. The maximum atomic E-state index is 13.9. The summed E-state index contributed by atoms with van der Waals surface area (Å²) >= 11 is 0. The van der Waals surface area contributed by atoms with Crippen molar-refractivity contribution in [2.24, 2.45) is 5.73 Å². The average Bonchev–Trinajstić information content (AvgIpc) is 2.67. The minimum Gasteiger partial charge on any atom is -0.368 e. The summed E-state index contributed by atoms with van der Waals surface area (Å²) in [4.78, 5) is 36.0. The number of hydrogen-bond donors (Lipinski definition) is 3. The van der Waals surface area contributed by atoms with E-state index in [0.717, 1.165) is 12.1 Å². The number of carbonyl (C=O) groups is 3. The second-order valence-electron chi connectivity index (χ2n) is 6.91. The van der Waals surface area contributed by atoms with E-state index in [1.165, 1.54) is 37.3 Å². The van der Waals surface area contributed by atoms with Crippen molar-refractivity contribution in [2.45, 2.75) is 38.0 Å². The van der Waals surface area contributed by atoms with Crippen LogP contribution in [0.25, 0.3) is 0 Å². The van der Waals surface area contributed by atoms with E-state index in [0.29, 0.717) is 5.56 Å². The molecule has 0 saturated heterocycles. The summed E-state index contributed by atoms with van der Waals surface area (Å²) in [6.45, 7) is 1.18. The fourth-order valence-corrected chi connectivity index (χ4v) is 2.90. The van der Waals surface area contributed by atoms with Gasteiger partial charge in [-0.3, -0.25) is 14.4 Å². The van der Waals surface area contributed by atoms with Crippen molar-refractivity contribution in [1.82, 2.24) is 10.6 Å². The van der Waals surface area contributed by atoms with Gasteiger partial charge >= 0.3 is 6.18 Å². The van der Waals surface area contributed by atoms with Gasteiger partial charge in [-0.2, -0.15) is 13.2 Å². The molecular weight excluding hydrogens is 418 g/mol. The van der Waals surface area contributed by atoms with Gasteiger partial charge in [0.2, 0.25) is 17.7 Å². The van der Waals surface area contributed by atoms with Gasteiger partial charge in [0.15, 0.2) is 0 Å². The number of nitrogens with two attached hydrogens (primary N) is 1. The Kier molecular flexibility index (Phi) is 7.73. The lowest BCUT2D eigenvalue weighted by atomic mass is 10.0. The standard InChI is InChI=1S/C21H21F4N3O3/c1-12(29)27-18(11-14-4-2-3-5-16(14)22)20(31)28-17(19(26)30)10-13-6-8-15(9-7-13)21(23,24)25/h2-9,17-18H,10-11H2,1H3,(H2,26,30)(H,27,29)(H,28,31)/t17-,18-/m0/s1. The lowest BCUT2D eigenvalue weighted by Gasteiger charge is -2.22. The van der Waals surface area contributed by atoms with Crippen LogP contribution in [0, 0.1) is 5.82 Å². The highest BCUT2D eigenvalue weighted by Gasteiger charge is 2.30. The number of halogens is 4. The fraction of sp³-hybridized carbons (Fsp3) is 0.286. The zero-order chi connectivity index (χ0) is 23.2. The molecule has 0 radical (unpaired) electrons. The molecule has 0 unspecified atom stereocenters. The number of rotatable bonds is 8. The molecule has 0 fully saturated rings. The van der Waals surface area contributed by atoms with E-state index in [1.807, 2.05) is 0 Å². The summed E-state index contributed by atoms with van der Waals surface area (Å²) in [6, 6.07) is 7.31. The van der Waals surface area contributed by atoms with Crippen molar-refractivity contribution < 1.29 is 31.9 Å². The zero-order valence-corrected chi connectivity index (χ0v) is 16.5. The van der Waals surface area contributed by atoms with E-state index in [4.69, 9.17) is 5.73 Å².